The van der Waals surface area contributed by atoms with Crippen LogP contribution in [0.4, 0.5) is 0 Å². The van der Waals surface area contributed by atoms with Crippen molar-refractivity contribution in [3.05, 3.63) is 11.7 Å². The fourth-order valence-corrected chi connectivity index (χ4v) is 1.34. The average molecular weight is 245 g/mol. The predicted molar refractivity (Wildman–Crippen MR) is 52.8 cm³/mol. The van der Waals surface area contributed by atoms with Gasteiger partial charge in [0.1, 0.15) is 0 Å². The summed E-state index contributed by atoms with van der Waals surface area (Å²) in [6.45, 7) is 4.25. The molecule has 1 aromatic rings. The van der Waals surface area contributed by atoms with Gasteiger partial charge in [0, 0.05) is 5.92 Å². The molecular weight excluding hydrogens is 232 g/mol. The van der Waals surface area contributed by atoms with E-state index in [0.717, 1.165) is 11.7 Å². The van der Waals surface area contributed by atoms with E-state index in [9.17, 15) is 0 Å². The van der Waals surface area contributed by atoms with E-state index in [1.807, 2.05) is 0 Å². The summed E-state index contributed by atoms with van der Waals surface area (Å²) in [5, 5.41) is 3.97. The van der Waals surface area contributed by atoms with Crippen LogP contribution in [0.25, 0.3) is 0 Å². The van der Waals surface area contributed by atoms with E-state index < -0.39 is 0 Å². The molecule has 1 aliphatic rings. The van der Waals surface area contributed by atoms with Crippen LogP contribution in [0.3, 0.4) is 0 Å². The highest BCUT2D eigenvalue weighted by molar-refractivity contribution is 9.09. The third-order valence-corrected chi connectivity index (χ3v) is 3.67. The van der Waals surface area contributed by atoms with Gasteiger partial charge in [-0.2, -0.15) is 4.98 Å². The van der Waals surface area contributed by atoms with Crippen molar-refractivity contribution in [3.8, 4) is 0 Å². The molecule has 1 fully saturated rings. The summed E-state index contributed by atoms with van der Waals surface area (Å²) in [6, 6.07) is 0. The summed E-state index contributed by atoms with van der Waals surface area (Å²) in [7, 11) is 0. The fraction of sp³-hybridized carbons (Fsp3) is 0.778. The Kier molecular flexibility index (Phi) is 2.41. The molecule has 0 aliphatic heterocycles. The number of nitrogens with zero attached hydrogens (tertiary/aromatic N) is 2. The van der Waals surface area contributed by atoms with Crippen molar-refractivity contribution in [1.29, 1.82) is 0 Å². The maximum atomic E-state index is 5.18. The number of alkyl halides is 1. The first kappa shape index (κ1) is 9.19. The first-order valence-corrected chi connectivity index (χ1v) is 5.57. The Balaban J connectivity index is 2.11. The van der Waals surface area contributed by atoms with Crippen LogP contribution < -0.4 is 0 Å². The van der Waals surface area contributed by atoms with E-state index in [0.29, 0.717) is 11.8 Å². The molecule has 0 spiro atoms. The number of rotatable bonds is 3. The van der Waals surface area contributed by atoms with Gasteiger partial charge < -0.3 is 4.52 Å². The molecule has 0 saturated heterocycles. The monoisotopic (exact) mass is 244 g/mol. The molecule has 0 amide bonds. The standard InChI is InChI=1S/C9H13BrN2O/c1-5(2)7(10)9-11-8(12-13-9)6-3-4-6/h5-7H,3-4H2,1-2H3/t7-/m0/s1. The lowest BCUT2D eigenvalue weighted by atomic mass is 10.1. The third-order valence-electron chi connectivity index (χ3n) is 2.22. The van der Waals surface area contributed by atoms with Crippen molar-refractivity contribution in [2.24, 2.45) is 5.92 Å². The highest BCUT2D eigenvalue weighted by Gasteiger charge is 2.30. The molecule has 0 aromatic carbocycles. The van der Waals surface area contributed by atoms with Crippen LogP contribution in [0.5, 0.6) is 0 Å². The minimum atomic E-state index is 0.187. The van der Waals surface area contributed by atoms with Gasteiger partial charge >= 0.3 is 0 Å². The number of hydrogen-bond donors (Lipinski definition) is 0. The van der Waals surface area contributed by atoms with E-state index in [2.05, 4.69) is 39.9 Å². The van der Waals surface area contributed by atoms with Crippen LogP contribution >= 0.6 is 15.9 Å². The van der Waals surface area contributed by atoms with Crippen LogP contribution in [-0.2, 0) is 0 Å². The fourth-order valence-electron chi connectivity index (χ4n) is 1.15. The lowest BCUT2D eigenvalue weighted by molar-refractivity contribution is 0.357. The van der Waals surface area contributed by atoms with E-state index in [4.69, 9.17) is 4.52 Å². The Morgan fingerprint density at radius 1 is 1.46 bits per heavy atom. The molecule has 4 heteroatoms. The van der Waals surface area contributed by atoms with Gasteiger partial charge in [-0.05, 0) is 18.8 Å². The molecule has 1 atom stereocenters. The van der Waals surface area contributed by atoms with E-state index in [1.54, 1.807) is 0 Å². The summed E-state index contributed by atoms with van der Waals surface area (Å²) in [6.07, 6.45) is 2.43. The quantitative estimate of drug-likeness (QED) is 0.768. The first-order valence-electron chi connectivity index (χ1n) is 4.66. The number of halogens is 1. The van der Waals surface area contributed by atoms with Crippen LogP contribution in [0.1, 0.15) is 49.1 Å². The van der Waals surface area contributed by atoms with E-state index >= 15 is 0 Å². The molecule has 1 heterocycles. The van der Waals surface area contributed by atoms with Crippen molar-refractivity contribution in [1.82, 2.24) is 10.1 Å². The molecule has 0 N–H and O–H groups in total. The van der Waals surface area contributed by atoms with Crippen molar-refractivity contribution < 1.29 is 4.52 Å². The molecule has 0 radical (unpaired) electrons. The van der Waals surface area contributed by atoms with Gasteiger partial charge in [-0.15, -0.1) is 0 Å². The molecule has 1 saturated carbocycles. The second kappa shape index (κ2) is 3.40. The molecule has 0 unspecified atom stereocenters. The maximum Gasteiger partial charge on any atom is 0.240 e. The average Bonchev–Trinajstić information content (AvgIpc) is 2.83. The second-order valence-electron chi connectivity index (χ2n) is 3.91. The van der Waals surface area contributed by atoms with Gasteiger partial charge in [-0.25, -0.2) is 0 Å². The smallest absolute Gasteiger partial charge is 0.240 e. The molecule has 1 aromatic heterocycles. The summed E-state index contributed by atoms with van der Waals surface area (Å²) >= 11 is 3.54. The van der Waals surface area contributed by atoms with Crippen LogP contribution in [0, 0.1) is 5.92 Å². The first-order chi connectivity index (χ1) is 6.18. The number of aromatic nitrogens is 2. The van der Waals surface area contributed by atoms with Crippen LogP contribution in [0.2, 0.25) is 0 Å². The van der Waals surface area contributed by atoms with Gasteiger partial charge in [0.05, 0.1) is 4.83 Å². The maximum absolute atomic E-state index is 5.18. The molecule has 13 heavy (non-hydrogen) atoms. The zero-order valence-electron chi connectivity index (χ0n) is 7.83. The predicted octanol–water partition coefficient (Wildman–Crippen LogP) is 3.04. The molecule has 72 valence electrons. The summed E-state index contributed by atoms with van der Waals surface area (Å²) in [4.78, 5) is 4.56. The molecular formula is C9H13BrN2O. The van der Waals surface area contributed by atoms with Crippen molar-refractivity contribution in [3.63, 3.8) is 0 Å². The Hall–Kier alpha value is -0.380. The van der Waals surface area contributed by atoms with Gasteiger partial charge in [-0.3, -0.25) is 0 Å². The Morgan fingerprint density at radius 3 is 2.69 bits per heavy atom. The molecule has 2 rings (SSSR count). The minimum Gasteiger partial charge on any atom is -0.338 e. The normalized spacial score (nSPS) is 19.4. The van der Waals surface area contributed by atoms with Gasteiger partial charge in [0.25, 0.3) is 0 Å². The van der Waals surface area contributed by atoms with Crippen LogP contribution in [-0.4, -0.2) is 10.1 Å². The van der Waals surface area contributed by atoms with E-state index in [-0.39, 0.29) is 4.83 Å². The molecule has 1 aliphatic carbocycles. The molecule has 3 nitrogen and oxygen atoms in total. The second-order valence-corrected chi connectivity index (χ2v) is 4.90. The minimum absolute atomic E-state index is 0.187. The van der Waals surface area contributed by atoms with E-state index in [1.165, 1.54) is 12.8 Å². The SMILES string of the molecule is CC(C)[C@H](Br)c1nc(C2CC2)no1. The Morgan fingerprint density at radius 2 is 2.15 bits per heavy atom. The molecule has 0 bridgehead atoms. The number of hydrogen-bond acceptors (Lipinski definition) is 3. The largest absolute Gasteiger partial charge is 0.338 e. The third kappa shape index (κ3) is 1.93. The van der Waals surface area contributed by atoms with Crippen molar-refractivity contribution in [2.75, 3.05) is 0 Å². The van der Waals surface area contributed by atoms with Gasteiger partial charge in [0.2, 0.25) is 5.89 Å². The lowest BCUT2D eigenvalue weighted by Gasteiger charge is -2.06. The Labute approximate surface area is 86.0 Å². The Bertz CT molecular complexity index is 294. The highest BCUT2D eigenvalue weighted by atomic mass is 79.9. The van der Waals surface area contributed by atoms with Crippen molar-refractivity contribution in [2.45, 2.75) is 37.4 Å². The summed E-state index contributed by atoms with van der Waals surface area (Å²) in [5.74, 6) is 2.66. The van der Waals surface area contributed by atoms with Crippen molar-refractivity contribution >= 4 is 15.9 Å². The topological polar surface area (TPSA) is 38.9 Å². The summed E-state index contributed by atoms with van der Waals surface area (Å²) in [5.41, 5.74) is 0. The van der Waals surface area contributed by atoms with Gasteiger partial charge in [-0.1, -0.05) is 34.9 Å². The summed E-state index contributed by atoms with van der Waals surface area (Å²) < 4.78 is 5.18. The zero-order chi connectivity index (χ0) is 9.42. The van der Waals surface area contributed by atoms with Gasteiger partial charge in [0.15, 0.2) is 5.82 Å². The van der Waals surface area contributed by atoms with Crippen LogP contribution in [0.15, 0.2) is 4.52 Å². The highest BCUT2D eigenvalue weighted by Crippen LogP contribution is 2.39. The lowest BCUT2D eigenvalue weighted by Crippen LogP contribution is -1.98. The zero-order valence-corrected chi connectivity index (χ0v) is 9.41.